The van der Waals surface area contributed by atoms with Crippen LogP contribution in [0, 0.1) is 13.8 Å². The van der Waals surface area contributed by atoms with Crippen LogP contribution >= 0.6 is 15.9 Å². The molecule has 2 aromatic rings. The highest BCUT2D eigenvalue weighted by Gasteiger charge is 2.14. The molecule has 0 aromatic heterocycles. The van der Waals surface area contributed by atoms with Crippen LogP contribution in [-0.4, -0.2) is 14.2 Å². The van der Waals surface area contributed by atoms with Crippen LogP contribution in [0.25, 0.3) is 0 Å². The number of ether oxygens (including phenoxy) is 1. The predicted molar refractivity (Wildman–Crippen MR) is 87.5 cm³/mol. The minimum Gasteiger partial charge on any atom is -0.496 e. The molecule has 0 amide bonds. The average molecular weight is 334 g/mol. The summed E-state index contributed by atoms with van der Waals surface area (Å²) in [6.45, 7) is 4.17. The molecule has 0 fully saturated rings. The Morgan fingerprint density at radius 2 is 1.55 bits per heavy atom. The van der Waals surface area contributed by atoms with Crippen molar-refractivity contribution in [1.29, 1.82) is 0 Å². The Morgan fingerprint density at radius 3 is 2.00 bits per heavy atom. The molecule has 2 aromatic carbocycles. The molecule has 106 valence electrons. The summed E-state index contributed by atoms with van der Waals surface area (Å²) in [6.07, 6.45) is 0. The highest BCUT2D eigenvalue weighted by molar-refractivity contribution is 9.10. The van der Waals surface area contributed by atoms with Gasteiger partial charge in [0.1, 0.15) is 5.75 Å². The van der Waals surface area contributed by atoms with Crippen LogP contribution in [0.4, 0.5) is 0 Å². The number of hydrogen-bond acceptors (Lipinski definition) is 2. The van der Waals surface area contributed by atoms with Crippen molar-refractivity contribution < 1.29 is 4.74 Å². The van der Waals surface area contributed by atoms with E-state index in [0.717, 1.165) is 10.2 Å². The lowest BCUT2D eigenvalue weighted by atomic mass is 9.95. The largest absolute Gasteiger partial charge is 0.496 e. The highest BCUT2D eigenvalue weighted by atomic mass is 79.9. The number of halogens is 1. The molecule has 20 heavy (non-hydrogen) atoms. The van der Waals surface area contributed by atoms with Gasteiger partial charge in [-0.15, -0.1) is 0 Å². The summed E-state index contributed by atoms with van der Waals surface area (Å²) < 4.78 is 6.53. The lowest BCUT2D eigenvalue weighted by molar-refractivity contribution is 0.408. The Balaban J connectivity index is 2.44. The summed E-state index contributed by atoms with van der Waals surface area (Å²) in [5, 5.41) is 3.39. The van der Waals surface area contributed by atoms with E-state index in [9.17, 15) is 0 Å². The van der Waals surface area contributed by atoms with E-state index in [1.165, 1.54) is 22.3 Å². The van der Waals surface area contributed by atoms with Crippen molar-refractivity contribution in [2.45, 2.75) is 19.9 Å². The normalized spacial score (nSPS) is 12.2. The lowest BCUT2D eigenvalue weighted by Crippen LogP contribution is -2.18. The van der Waals surface area contributed by atoms with E-state index in [2.05, 4.69) is 71.5 Å². The van der Waals surface area contributed by atoms with E-state index in [-0.39, 0.29) is 6.04 Å². The summed E-state index contributed by atoms with van der Waals surface area (Å²) >= 11 is 3.48. The zero-order chi connectivity index (χ0) is 14.7. The van der Waals surface area contributed by atoms with E-state index in [4.69, 9.17) is 4.74 Å². The Bertz CT molecular complexity index is 569. The van der Waals surface area contributed by atoms with Crippen molar-refractivity contribution in [3.63, 3.8) is 0 Å². The van der Waals surface area contributed by atoms with Gasteiger partial charge >= 0.3 is 0 Å². The van der Waals surface area contributed by atoms with Crippen LogP contribution in [0.15, 0.2) is 40.9 Å². The van der Waals surface area contributed by atoms with Gasteiger partial charge in [0, 0.05) is 4.47 Å². The fourth-order valence-corrected chi connectivity index (χ4v) is 2.92. The first-order chi connectivity index (χ1) is 9.56. The van der Waals surface area contributed by atoms with Gasteiger partial charge in [-0.1, -0.05) is 40.2 Å². The lowest BCUT2D eigenvalue weighted by Gasteiger charge is -2.20. The van der Waals surface area contributed by atoms with Crippen LogP contribution < -0.4 is 10.1 Å². The van der Waals surface area contributed by atoms with Gasteiger partial charge in [-0.2, -0.15) is 0 Å². The third-order valence-corrected chi connectivity index (χ3v) is 4.04. The van der Waals surface area contributed by atoms with Gasteiger partial charge < -0.3 is 10.1 Å². The molecule has 1 N–H and O–H groups in total. The maximum Gasteiger partial charge on any atom is 0.124 e. The third-order valence-electron chi connectivity index (χ3n) is 3.51. The molecule has 0 radical (unpaired) electrons. The quantitative estimate of drug-likeness (QED) is 0.896. The van der Waals surface area contributed by atoms with Gasteiger partial charge in [0.2, 0.25) is 0 Å². The minimum atomic E-state index is 0.186. The fraction of sp³-hybridized carbons (Fsp3) is 0.294. The minimum absolute atomic E-state index is 0.186. The van der Waals surface area contributed by atoms with Gasteiger partial charge in [0.15, 0.2) is 0 Å². The second-order valence-corrected chi connectivity index (χ2v) is 5.88. The molecule has 0 aliphatic rings. The van der Waals surface area contributed by atoms with Gasteiger partial charge in [0.05, 0.1) is 13.2 Å². The summed E-state index contributed by atoms with van der Waals surface area (Å²) in [7, 11) is 3.71. The summed E-state index contributed by atoms with van der Waals surface area (Å²) in [5.41, 5.74) is 4.84. The molecule has 2 nitrogen and oxygen atoms in total. The second kappa shape index (κ2) is 6.42. The molecule has 0 bridgehead atoms. The topological polar surface area (TPSA) is 21.3 Å². The smallest absolute Gasteiger partial charge is 0.124 e. The fourth-order valence-electron chi connectivity index (χ4n) is 2.65. The first kappa shape index (κ1) is 15.1. The molecule has 0 spiro atoms. The van der Waals surface area contributed by atoms with Gasteiger partial charge in [-0.05, 0) is 55.3 Å². The maximum absolute atomic E-state index is 5.44. The number of nitrogens with one attached hydrogen (secondary N) is 1. The Hall–Kier alpha value is -1.32. The second-order valence-electron chi connectivity index (χ2n) is 4.96. The SMILES string of the molecule is CNC(c1ccc(Br)cc1)c1cc(C)c(OC)c(C)c1. The molecule has 0 saturated carbocycles. The van der Waals surface area contributed by atoms with Gasteiger partial charge in [0.25, 0.3) is 0 Å². The van der Waals surface area contributed by atoms with Crippen molar-refractivity contribution in [3.05, 3.63) is 63.1 Å². The van der Waals surface area contributed by atoms with Crippen LogP contribution in [-0.2, 0) is 0 Å². The molecular formula is C17H20BrNO. The van der Waals surface area contributed by atoms with Crippen molar-refractivity contribution in [3.8, 4) is 5.75 Å². The predicted octanol–water partition coefficient (Wildman–Crippen LogP) is 4.38. The Labute approximate surface area is 129 Å². The van der Waals surface area contributed by atoms with Crippen molar-refractivity contribution in [2.75, 3.05) is 14.2 Å². The Morgan fingerprint density at radius 1 is 1.00 bits per heavy atom. The van der Waals surface area contributed by atoms with Crippen LogP contribution in [0.2, 0.25) is 0 Å². The monoisotopic (exact) mass is 333 g/mol. The number of aryl methyl sites for hydroxylation is 2. The zero-order valence-electron chi connectivity index (χ0n) is 12.3. The summed E-state index contributed by atoms with van der Waals surface area (Å²) in [6, 6.07) is 13.0. The molecular weight excluding hydrogens is 314 g/mol. The van der Waals surface area contributed by atoms with E-state index in [0.29, 0.717) is 0 Å². The van der Waals surface area contributed by atoms with E-state index in [1.807, 2.05) is 7.05 Å². The number of methoxy groups -OCH3 is 1. The average Bonchev–Trinajstić information content (AvgIpc) is 2.41. The standard InChI is InChI=1S/C17H20BrNO/c1-11-9-14(10-12(2)17(11)20-4)16(19-3)13-5-7-15(18)8-6-13/h5-10,16,19H,1-4H3. The molecule has 0 aliphatic carbocycles. The molecule has 2 rings (SSSR count). The summed E-state index contributed by atoms with van der Waals surface area (Å²) in [5.74, 6) is 0.972. The van der Waals surface area contributed by atoms with Crippen LogP contribution in [0.3, 0.4) is 0 Å². The summed E-state index contributed by atoms with van der Waals surface area (Å²) in [4.78, 5) is 0. The molecule has 0 saturated heterocycles. The number of rotatable bonds is 4. The van der Waals surface area contributed by atoms with Crippen molar-refractivity contribution >= 4 is 15.9 Å². The van der Waals surface area contributed by atoms with E-state index < -0.39 is 0 Å². The number of benzene rings is 2. The van der Waals surface area contributed by atoms with E-state index in [1.54, 1.807) is 7.11 Å². The molecule has 3 heteroatoms. The zero-order valence-corrected chi connectivity index (χ0v) is 13.9. The van der Waals surface area contributed by atoms with Crippen LogP contribution in [0.5, 0.6) is 5.75 Å². The van der Waals surface area contributed by atoms with Crippen LogP contribution in [0.1, 0.15) is 28.3 Å². The van der Waals surface area contributed by atoms with Crippen molar-refractivity contribution in [2.24, 2.45) is 0 Å². The Kier molecular flexibility index (Phi) is 4.84. The number of hydrogen-bond donors (Lipinski definition) is 1. The molecule has 1 unspecified atom stereocenters. The first-order valence-electron chi connectivity index (χ1n) is 6.64. The highest BCUT2D eigenvalue weighted by Crippen LogP contribution is 2.30. The van der Waals surface area contributed by atoms with E-state index >= 15 is 0 Å². The third kappa shape index (κ3) is 3.05. The van der Waals surface area contributed by atoms with Crippen molar-refractivity contribution in [1.82, 2.24) is 5.32 Å². The van der Waals surface area contributed by atoms with Gasteiger partial charge in [-0.3, -0.25) is 0 Å². The molecule has 0 aliphatic heterocycles. The van der Waals surface area contributed by atoms with Gasteiger partial charge in [-0.25, -0.2) is 0 Å². The molecule has 1 atom stereocenters. The first-order valence-corrected chi connectivity index (χ1v) is 7.44. The maximum atomic E-state index is 5.44. The molecule has 0 heterocycles.